The Kier molecular flexibility index (Phi) is 6.52. The van der Waals surface area contributed by atoms with Gasteiger partial charge in [-0.1, -0.05) is 11.6 Å². The van der Waals surface area contributed by atoms with Gasteiger partial charge < -0.3 is 10.2 Å². The van der Waals surface area contributed by atoms with E-state index in [1.54, 1.807) is 12.4 Å². The second-order valence-electron chi connectivity index (χ2n) is 7.39. The standard InChI is InChI=1S/C20H29N3O3S/c1-2-23(18-9-11-27(25,26)15-18)19-12-17(13-21-14-19)20(24)22-10-8-16-6-4-3-5-7-16/h6,12-14,18H,2-5,7-11,15H2,1H3,(H,22,24). The van der Waals surface area contributed by atoms with E-state index in [0.29, 0.717) is 25.1 Å². The van der Waals surface area contributed by atoms with E-state index in [0.717, 1.165) is 24.9 Å². The Balaban J connectivity index is 1.61. The first-order valence-electron chi connectivity index (χ1n) is 9.87. The summed E-state index contributed by atoms with van der Waals surface area (Å²) in [6.45, 7) is 3.31. The molecule has 2 aliphatic rings. The summed E-state index contributed by atoms with van der Waals surface area (Å²) in [4.78, 5) is 18.7. The molecule has 0 radical (unpaired) electrons. The maximum absolute atomic E-state index is 12.5. The molecule has 1 N–H and O–H groups in total. The molecule has 3 rings (SSSR count). The molecule has 27 heavy (non-hydrogen) atoms. The number of nitrogens with zero attached hydrogens (tertiary/aromatic N) is 2. The summed E-state index contributed by atoms with van der Waals surface area (Å²) in [5, 5.41) is 2.98. The third-order valence-electron chi connectivity index (χ3n) is 5.42. The normalized spacial score (nSPS) is 21.5. The fourth-order valence-corrected chi connectivity index (χ4v) is 5.68. The van der Waals surface area contributed by atoms with E-state index < -0.39 is 9.84 Å². The Bertz CT molecular complexity index is 804. The van der Waals surface area contributed by atoms with Gasteiger partial charge in [0.1, 0.15) is 0 Å². The highest BCUT2D eigenvalue weighted by molar-refractivity contribution is 7.91. The molecule has 0 aromatic carbocycles. The smallest absolute Gasteiger partial charge is 0.252 e. The first kappa shape index (κ1) is 19.9. The molecular formula is C20H29N3O3S. The number of pyridine rings is 1. The van der Waals surface area contributed by atoms with E-state index in [1.807, 2.05) is 17.9 Å². The number of carbonyl (C=O) groups excluding carboxylic acids is 1. The predicted octanol–water partition coefficient (Wildman–Crippen LogP) is 2.72. The van der Waals surface area contributed by atoms with Crippen molar-refractivity contribution in [2.75, 3.05) is 29.5 Å². The molecule has 1 aromatic heterocycles. The summed E-state index contributed by atoms with van der Waals surface area (Å²) in [6, 6.07) is 1.77. The fraction of sp³-hybridized carbons (Fsp3) is 0.600. The zero-order chi connectivity index (χ0) is 19.3. The van der Waals surface area contributed by atoms with Crippen LogP contribution in [0.4, 0.5) is 5.69 Å². The molecule has 1 aromatic rings. The molecule has 0 saturated carbocycles. The van der Waals surface area contributed by atoms with Crippen LogP contribution in [-0.2, 0) is 9.84 Å². The van der Waals surface area contributed by atoms with Crippen LogP contribution in [0.15, 0.2) is 30.1 Å². The Morgan fingerprint density at radius 1 is 1.33 bits per heavy atom. The second kappa shape index (κ2) is 8.87. The van der Waals surface area contributed by atoms with Crippen molar-refractivity contribution < 1.29 is 13.2 Å². The van der Waals surface area contributed by atoms with Gasteiger partial charge in [0.05, 0.1) is 29.0 Å². The number of sulfone groups is 1. The number of nitrogens with one attached hydrogen (secondary N) is 1. The van der Waals surface area contributed by atoms with Gasteiger partial charge in [0.25, 0.3) is 5.91 Å². The van der Waals surface area contributed by atoms with Gasteiger partial charge in [0.15, 0.2) is 9.84 Å². The van der Waals surface area contributed by atoms with Crippen molar-refractivity contribution in [2.45, 2.75) is 51.5 Å². The molecule has 148 valence electrons. The molecule has 1 fully saturated rings. The van der Waals surface area contributed by atoms with Crippen LogP contribution in [0.5, 0.6) is 0 Å². The largest absolute Gasteiger partial charge is 0.367 e. The van der Waals surface area contributed by atoms with E-state index in [4.69, 9.17) is 0 Å². The van der Waals surface area contributed by atoms with Crippen molar-refractivity contribution in [3.05, 3.63) is 35.7 Å². The summed E-state index contributed by atoms with van der Waals surface area (Å²) in [7, 11) is -2.95. The minimum absolute atomic E-state index is 0.0432. The second-order valence-corrected chi connectivity index (χ2v) is 9.62. The zero-order valence-corrected chi connectivity index (χ0v) is 16.8. The Labute approximate surface area is 162 Å². The van der Waals surface area contributed by atoms with Gasteiger partial charge in [0, 0.05) is 25.3 Å². The highest BCUT2D eigenvalue weighted by Crippen LogP contribution is 2.24. The number of allylic oxidation sites excluding steroid dienone is 1. The van der Waals surface area contributed by atoms with Gasteiger partial charge in [-0.3, -0.25) is 9.78 Å². The van der Waals surface area contributed by atoms with Crippen molar-refractivity contribution >= 4 is 21.4 Å². The molecule has 1 saturated heterocycles. The molecule has 1 aliphatic carbocycles. The van der Waals surface area contributed by atoms with Crippen molar-refractivity contribution in [2.24, 2.45) is 0 Å². The van der Waals surface area contributed by atoms with Crippen LogP contribution < -0.4 is 10.2 Å². The first-order chi connectivity index (χ1) is 13.0. The molecular weight excluding hydrogens is 362 g/mol. The summed E-state index contributed by atoms with van der Waals surface area (Å²) >= 11 is 0. The summed E-state index contributed by atoms with van der Waals surface area (Å²) in [5.74, 6) is 0.278. The Morgan fingerprint density at radius 2 is 2.19 bits per heavy atom. The predicted molar refractivity (Wildman–Crippen MR) is 108 cm³/mol. The third-order valence-corrected chi connectivity index (χ3v) is 7.17. The van der Waals surface area contributed by atoms with E-state index in [-0.39, 0.29) is 23.5 Å². The lowest BCUT2D eigenvalue weighted by Gasteiger charge is -2.29. The van der Waals surface area contributed by atoms with E-state index in [9.17, 15) is 13.2 Å². The number of hydrogen-bond acceptors (Lipinski definition) is 5. The molecule has 1 amide bonds. The maximum atomic E-state index is 12.5. The molecule has 1 atom stereocenters. The topological polar surface area (TPSA) is 79.4 Å². The van der Waals surface area contributed by atoms with Crippen LogP contribution in [0.1, 0.15) is 55.8 Å². The van der Waals surface area contributed by atoms with E-state index in [2.05, 4.69) is 16.4 Å². The van der Waals surface area contributed by atoms with Crippen molar-refractivity contribution in [3.63, 3.8) is 0 Å². The van der Waals surface area contributed by atoms with Gasteiger partial charge >= 0.3 is 0 Å². The lowest BCUT2D eigenvalue weighted by molar-refractivity contribution is 0.0953. The SMILES string of the molecule is CCN(c1cncc(C(=O)NCCC2=CCCCC2)c1)C1CCS(=O)(=O)C1. The zero-order valence-electron chi connectivity index (χ0n) is 16.0. The lowest BCUT2D eigenvalue weighted by Crippen LogP contribution is -2.36. The Morgan fingerprint density at radius 3 is 2.85 bits per heavy atom. The molecule has 7 heteroatoms. The van der Waals surface area contributed by atoms with Gasteiger partial charge in [-0.05, 0) is 51.5 Å². The van der Waals surface area contributed by atoms with Crippen LogP contribution in [0.2, 0.25) is 0 Å². The van der Waals surface area contributed by atoms with Crippen molar-refractivity contribution in [3.8, 4) is 0 Å². The average molecular weight is 392 g/mol. The minimum Gasteiger partial charge on any atom is -0.367 e. The number of aromatic nitrogens is 1. The van der Waals surface area contributed by atoms with Crippen LogP contribution in [0.25, 0.3) is 0 Å². The fourth-order valence-electron chi connectivity index (χ4n) is 3.95. The van der Waals surface area contributed by atoms with E-state index >= 15 is 0 Å². The lowest BCUT2D eigenvalue weighted by atomic mass is 9.97. The van der Waals surface area contributed by atoms with E-state index in [1.165, 1.54) is 18.4 Å². The van der Waals surface area contributed by atoms with Gasteiger partial charge in [-0.15, -0.1) is 0 Å². The van der Waals surface area contributed by atoms with Crippen molar-refractivity contribution in [1.82, 2.24) is 10.3 Å². The molecule has 6 nitrogen and oxygen atoms in total. The number of carbonyl (C=O) groups is 1. The van der Waals surface area contributed by atoms with Gasteiger partial charge in [-0.2, -0.15) is 0 Å². The van der Waals surface area contributed by atoms with Crippen LogP contribution in [0.3, 0.4) is 0 Å². The minimum atomic E-state index is -2.95. The van der Waals surface area contributed by atoms with Crippen LogP contribution in [-0.4, -0.2) is 49.9 Å². The Hall–Kier alpha value is -1.89. The summed E-state index contributed by atoms with van der Waals surface area (Å²) < 4.78 is 23.6. The first-order valence-corrected chi connectivity index (χ1v) is 11.7. The summed E-state index contributed by atoms with van der Waals surface area (Å²) in [6.07, 6.45) is 11.9. The van der Waals surface area contributed by atoms with Crippen LogP contribution in [0, 0.1) is 0 Å². The third kappa shape index (κ3) is 5.31. The average Bonchev–Trinajstić information content (AvgIpc) is 3.03. The highest BCUT2D eigenvalue weighted by atomic mass is 32.2. The number of rotatable bonds is 7. The maximum Gasteiger partial charge on any atom is 0.252 e. The van der Waals surface area contributed by atoms with Crippen molar-refractivity contribution in [1.29, 1.82) is 0 Å². The van der Waals surface area contributed by atoms with Crippen LogP contribution >= 0.6 is 0 Å². The van der Waals surface area contributed by atoms with Gasteiger partial charge in [-0.25, -0.2) is 8.42 Å². The summed E-state index contributed by atoms with van der Waals surface area (Å²) in [5.41, 5.74) is 2.76. The molecule has 2 heterocycles. The molecule has 1 aliphatic heterocycles. The molecule has 0 bridgehead atoms. The molecule has 0 spiro atoms. The monoisotopic (exact) mass is 391 g/mol. The molecule has 1 unspecified atom stereocenters. The van der Waals surface area contributed by atoms with Gasteiger partial charge in [0.2, 0.25) is 0 Å². The number of hydrogen-bond donors (Lipinski definition) is 1. The highest BCUT2D eigenvalue weighted by Gasteiger charge is 2.32. The number of amides is 1. The quantitative estimate of drug-likeness (QED) is 0.723. The number of anilines is 1.